The van der Waals surface area contributed by atoms with Gasteiger partial charge in [-0.3, -0.25) is 0 Å². The summed E-state index contributed by atoms with van der Waals surface area (Å²) in [7, 11) is 1.72. The summed E-state index contributed by atoms with van der Waals surface area (Å²) in [5, 5.41) is 0. The molecule has 27 rings (SSSR count). The Morgan fingerprint density at radius 2 is 0.623 bits per heavy atom. The average Bonchev–Trinajstić information content (AvgIpc) is 0.742. The number of hydrogen-bond donors (Lipinski definition) is 0. The van der Waals surface area contributed by atoms with E-state index in [0.29, 0.717) is 90.8 Å². The minimum absolute atomic E-state index is 0.00314. The van der Waals surface area contributed by atoms with Crippen molar-refractivity contribution in [1.29, 1.82) is 0 Å². The lowest BCUT2D eigenvalue weighted by molar-refractivity contribution is -0.526. The molecule has 24 unspecified atom stereocenters. The summed E-state index contributed by atoms with van der Waals surface area (Å²) in [6, 6.07) is 20.5. The molecule has 0 aromatic heterocycles. The van der Waals surface area contributed by atoms with E-state index in [1.54, 1.807) is 13.2 Å². The maximum Gasteiger partial charge on any atom is 0.280 e. The Kier molecular flexibility index (Phi) is 25.4. The zero-order chi connectivity index (χ0) is 80.2. The molecule has 0 spiro atoms. The molecule has 0 N–H and O–H groups in total. The molecule has 0 radical (unpaired) electrons. The lowest BCUT2D eigenvalue weighted by Gasteiger charge is -2.62. The predicted molar refractivity (Wildman–Crippen MR) is 414 cm³/mol. The Labute approximate surface area is 677 Å². The molecule has 18 heterocycles. The number of benzene rings is 2. The summed E-state index contributed by atoms with van der Waals surface area (Å²) in [6.07, 6.45) is 16.0. The van der Waals surface area contributed by atoms with E-state index in [0.717, 1.165) is 25.6 Å². The van der Waals surface area contributed by atoms with Gasteiger partial charge in [0.2, 0.25) is 0 Å². The Morgan fingerprint density at radius 3 is 0.956 bits per heavy atom. The zero-order valence-corrected chi connectivity index (χ0v) is 71.2. The summed E-state index contributed by atoms with van der Waals surface area (Å²) >= 11 is 0. The summed E-state index contributed by atoms with van der Waals surface area (Å²) in [5.41, 5.74) is 2.35. The van der Waals surface area contributed by atoms with Crippen molar-refractivity contribution >= 4 is 0 Å². The maximum absolute atomic E-state index is 6.34. The van der Waals surface area contributed by atoms with E-state index >= 15 is 0 Å². The average molecular weight is 1600 g/mol. The van der Waals surface area contributed by atoms with Gasteiger partial charge >= 0.3 is 0 Å². The van der Waals surface area contributed by atoms with E-state index in [1.807, 2.05) is 71.0 Å². The highest BCUT2D eigenvalue weighted by molar-refractivity contribution is 5.16. The third-order valence-corrected chi connectivity index (χ3v) is 29.2. The Morgan fingerprint density at radius 1 is 0.333 bits per heavy atom. The number of unbranched alkanes of at least 4 members (excludes halogenated alkanes) is 3. The first kappa shape index (κ1) is 84.8. The summed E-state index contributed by atoms with van der Waals surface area (Å²) < 4.78 is 143. The van der Waals surface area contributed by atoms with E-state index in [-0.39, 0.29) is 146 Å². The maximum atomic E-state index is 6.34. The molecular formula is C90H136O24. The van der Waals surface area contributed by atoms with Crippen molar-refractivity contribution in [2.24, 2.45) is 76.9 Å². The van der Waals surface area contributed by atoms with E-state index in [2.05, 4.69) is 121 Å². The van der Waals surface area contributed by atoms with Gasteiger partial charge in [0.05, 0.1) is 136 Å². The monoisotopic (exact) mass is 1600 g/mol. The van der Waals surface area contributed by atoms with Crippen LogP contribution in [0.3, 0.4) is 0 Å². The first-order valence-electron chi connectivity index (χ1n) is 44.0. The molecule has 24 nitrogen and oxygen atoms in total. The topological polar surface area (TPSA) is 222 Å². The van der Waals surface area contributed by atoms with Crippen molar-refractivity contribution in [3.8, 4) is 0 Å². The van der Waals surface area contributed by atoms with E-state index in [9.17, 15) is 0 Å². The van der Waals surface area contributed by atoms with Crippen LogP contribution in [-0.4, -0.2) is 210 Å². The molecule has 25 fully saturated rings. The van der Waals surface area contributed by atoms with Crippen LogP contribution in [0.25, 0.3) is 0 Å². The Bertz CT molecular complexity index is 3360. The SMILES string of the molecule is C=CCOC1C2OC3(C)OC(C2C)C(C)C1O3.CC1C2OC3(C)OC1C(OCC1CCCCC1)C(O3)C2C.CC1C2OC3(C)OC1C(OCc1ccccc1)C(O3)C2C.CC1C2OC3OC1C(OCc1ccccc1)C(O3)C2C.CCCCCCOC1C2OC3(C)OC(C2C)C(C)C1O3.COC1C2OC3(C)OC(C2C)C(C)C1O3. The normalized spacial score (nSPS) is 52.0. The van der Waals surface area contributed by atoms with Gasteiger partial charge in [-0.2, -0.15) is 0 Å². The molecule has 25 aliphatic rings. The summed E-state index contributed by atoms with van der Waals surface area (Å²) in [5.74, 6) is 0.738. The highest BCUT2D eigenvalue weighted by Crippen LogP contribution is 2.57. The van der Waals surface area contributed by atoms with Gasteiger partial charge in [-0.05, 0) is 36.3 Å². The van der Waals surface area contributed by atoms with Gasteiger partial charge in [0.25, 0.3) is 36.3 Å². The number of methoxy groups -OCH3 is 1. The van der Waals surface area contributed by atoms with Gasteiger partial charge in [0.1, 0.15) is 36.6 Å². The van der Waals surface area contributed by atoms with Crippen molar-refractivity contribution in [2.75, 3.05) is 26.9 Å². The van der Waals surface area contributed by atoms with Crippen LogP contribution < -0.4 is 0 Å². The number of ether oxygens (including phenoxy) is 24. The minimum Gasteiger partial charge on any atom is -0.376 e. The smallest absolute Gasteiger partial charge is 0.280 e. The molecule has 24 atom stereocenters. The molecule has 7 aliphatic carbocycles. The van der Waals surface area contributed by atoms with Crippen LogP contribution in [0, 0.1) is 76.9 Å². The van der Waals surface area contributed by atoms with Crippen molar-refractivity contribution in [3.05, 3.63) is 84.4 Å². The van der Waals surface area contributed by atoms with E-state index in [1.165, 1.54) is 62.5 Å². The zero-order valence-electron chi connectivity index (χ0n) is 71.2. The standard InChI is InChI=1S/C17H28O4.C17H22O4.C16H20O4.C16H28O4.C13H20O4.C11H18O4/c2*1-10-13-11(2)15-16(14(10)20-17(3,19-13)21-15)18-9-12-7-5-4-6-8-12;1-9-12-10(2)14-15(13(9)19-16(18-12)20-14)17-8-11-6-4-3-5-7-11;1-5-6-7-8-9-17-15-13-10(2)12-11(3)14(15)20-16(4,18-12)19-13;1-5-6-14-12-10-7(2)9-8(3)11(12)17-13(4,15-9)16-10;1-5-7-6(2)9-10(12-4)8(5)14-11(3,13-7)15-9/h10-16H,4-9H2,1-3H3;4-8,10-11,13-16H,9H2,1-3H3;3-7,9-10,12-16H,8H2,1-2H3;10-15H,5-9H2,1-4H3;5,7-12H,1,6H2,2-4H3;5-10H,1-4H3. The predicted octanol–water partition coefficient (Wildman–Crippen LogP) is 14.1. The van der Waals surface area contributed by atoms with Crippen LogP contribution in [-0.2, 0) is 127 Å². The molecule has 640 valence electrons. The van der Waals surface area contributed by atoms with Crippen LogP contribution in [0.4, 0.5) is 0 Å². The molecule has 7 saturated carbocycles. The van der Waals surface area contributed by atoms with Crippen molar-refractivity contribution < 1.29 is 114 Å². The molecule has 24 heteroatoms. The third kappa shape index (κ3) is 16.3. The lowest BCUT2D eigenvalue weighted by atomic mass is 9.72. The largest absolute Gasteiger partial charge is 0.376 e. The van der Waals surface area contributed by atoms with Gasteiger partial charge in [0.15, 0.2) is 0 Å². The van der Waals surface area contributed by atoms with Crippen LogP contribution in [0.5, 0.6) is 0 Å². The van der Waals surface area contributed by atoms with Crippen molar-refractivity contribution in [2.45, 2.75) is 378 Å². The molecule has 0 amide bonds. The van der Waals surface area contributed by atoms with Gasteiger partial charge in [-0.25, -0.2) is 0 Å². The summed E-state index contributed by atoms with van der Waals surface area (Å²) in [6.45, 7) is 44.4. The first-order valence-corrected chi connectivity index (χ1v) is 44.0. The second-order valence-electron chi connectivity index (χ2n) is 37.5. The molecular weight excluding hydrogens is 1460 g/mol. The van der Waals surface area contributed by atoms with Gasteiger partial charge in [-0.1, -0.05) is 195 Å². The second-order valence-corrected chi connectivity index (χ2v) is 37.5. The fourth-order valence-electron chi connectivity index (χ4n) is 23.2. The molecule has 24 bridgehead atoms. The fraction of sp³-hybridized carbons (Fsp3) is 0.844. The first-order chi connectivity index (χ1) is 54.5. The van der Waals surface area contributed by atoms with Crippen molar-refractivity contribution in [3.63, 3.8) is 0 Å². The van der Waals surface area contributed by atoms with Gasteiger partial charge in [-0.15, -0.1) is 6.58 Å². The number of rotatable bonds is 19. The van der Waals surface area contributed by atoms with Gasteiger partial charge in [0, 0.05) is 119 Å². The number of hydrogen-bond acceptors (Lipinski definition) is 24. The molecule has 2 aromatic carbocycles. The van der Waals surface area contributed by atoms with E-state index in [4.69, 9.17) is 114 Å². The van der Waals surface area contributed by atoms with Gasteiger partial charge < -0.3 is 114 Å². The molecule has 18 saturated heterocycles. The van der Waals surface area contributed by atoms with Crippen LogP contribution in [0.1, 0.15) is 194 Å². The molecule has 18 aliphatic heterocycles. The lowest BCUT2D eigenvalue weighted by Crippen LogP contribution is -2.74. The molecule has 114 heavy (non-hydrogen) atoms. The fourth-order valence-corrected chi connectivity index (χ4v) is 23.2. The second kappa shape index (κ2) is 34.1. The molecule has 2 aromatic rings. The summed E-state index contributed by atoms with van der Waals surface area (Å²) in [4.78, 5) is 0. The van der Waals surface area contributed by atoms with E-state index < -0.39 is 36.3 Å². The Hall–Kier alpha value is -2.78. The third-order valence-electron chi connectivity index (χ3n) is 29.2. The minimum atomic E-state index is -0.883. The highest BCUT2D eigenvalue weighted by atomic mass is 16.9. The van der Waals surface area contributed by atoms with Crippen LogP contribution >= 0.6 is 0 Å². The quantitative estimate of drug-likeness (QED) is 0.0942. The van der Waals surface area contributed by atoms with Crippen molar-refractivity contribution in [1.82, 2.24) is 0 Å². The van der Waals surface area contributed by atoms with Crippen LogP contribution in [0.2, 0.25) is 0 Å². The highest BCUT2D eigenvalue weighted by Gasteiger charge is 2.69. The Balaban J connectivity index is 0.000000103. The van der Waals surface area contributed by atoms with Crippen LogP contribution in [0.15, 0.2) is 73.3 Å².